The number of hydrogen-bond donors (Lipinski definition) is 9. The summed E-state index contributed by atoms with van der Waals surface area (Å²) >= 11 is 0. The highest BCUT2D eigenvalue weighted by molar-refractivity contribution is 6.00. The maximum absolute atomic E-state index is 14.4. The van der Waals surface area contributed by atoms with Crippen LogP contribution in [-0.4, -0.2) is 152 Å². The van der Waals surface area contributed by atoms with Gasteiger partial charge in [0.25, 0.3) is 17.7 Å². The minimum absolute atomic E-state index is 0.000557. The van der Waals surface area contributed by atoms with Crippen LogP contribution in [0.3, 0.4) is 0 Å². The minimum Gasteiger partial charge on any atom is -0.497 e. The zero-order chi connectivity index (χ0) is 55.2. The fourth-order valence-electron chi connectivity index (χ4n) is 8.10. The van der Waals surface area contributed by atoms with Gasteiger partial charge in [0, 0.05) is 93.4 Å². The molecule has 9 N–H and O–H groups in total. The monoisotopic (exact) mass is 1050 g/mol. The van der Waals surface area contributed by atoms with Gasteiger partial charge in [-0.1, -0.05) is 0 Å². The lowest BCUT2D eigenvalue weighted by Crippen LogP contribution is -2.59. The first-order chi connectivity index (χ1) is 35.8. The summed E-state index contributed by atoms with van der Waals surface area (Å²) in [6.45, 7) is 3.91. The molecule has 0 unspecified atom stereocenters. The van der Waals surface area contributed by atoms with Gasteiger partial charge in [-0.15, -0.1) is 0 Å². The molecule has 3 aromatic rings. The van der Waals surface area contributed by atoms with E-state index in [0.29, 0.717) is 34.5 Å². The second-order valence-corrected chi connectivity index (χ2v) is 17.5. The third-order valence-corrected chi connectivity index (χ3v) is 11.9. The summed E-state index contributed by atoms with van der Waals surface area (Å²) in [6.07, 6.45) is 0.119. The molecule has 0 saturated heterocycles. The van der Waals surface area contributed by atoms with E-state index < -0.39 is 71.7 Å². The predicted octanol–water partition coefficient (Wildman–Crippen LogP) is 0.651. The molecular weight excluding hydrogens is 979 g/mol. The van der Waals surface area contributed by atoms with E-state index in [4.69, 9.17) is 28.4 Å². The Morgan fingerprint density at radius 3 is 0.787 bits per heavy atom. The van der Waals surface area contributed by atoms with Crippen molar-refractivity contribution < 1.29 is 71.6 Å². The maximum Gasteiger partial charge on any atom is 0.252 e. The van der Waals surface area contributed by atoms with Crippen LogP contribution in [0, 0.1) is 0 Å². The van der Waals surface area contributed by atoms with Gasteiger partial charge in [-0.3, -0.25) is 43.2 Å². The van der Waals surface area contributed by atoms with E-state index >= 15 is 0 Å². The van der Waals surface area contributed by atoms with Gasteiger partial charge < -0.3 is 76.3 Å². The molecule has 3 atom stereocenters. The summed E-state index contributed by atoms with van der Waals surface area (Å²) in [5.74, 6) is -3.16. The normalized spacial score (nSPS) is 15.9. The molecule has 1 saturated carbocycles. The summed E-state index contributed by atoms with van der Waals surface area (Å²) < 4.78 is 32.0. The maximum atomic E-state index is 14.4. The smallest absolute Gasteiger partial charge is 0.252 e. The van der Waals surface area contributed by atoms with Crippen LogP contribution in [0.5, 0.6) is 34.5 Å². The number of nitrogens with one attached hydrogen (secondary N) is 9. The van der Waals surface area contributed by atoms with Crippen molar-refractivity contribution in [2.45, 2.75) is 95.5 Å². The highest BCUT2D eigenvalue weighted by Gasteiger charge is 2.36. The fourth-order valence-corrected chi connectivity index (χ4v) is 8.10. The van der Waals surface area contributed by atoms with Crippen LogP contribution in [-0.2, 0) is 28.8 Å². The second kappa shape index (κ2) is 29.4. The molecule has 1 fully saturated rings. The number of methoxy groups -OCH3 is 6. The van der Waals surface area contributed by atoms with Crippen LogP contribution in [0.4, 0.5) is 0 Å². The zero-order valence-electron chi connectivity index (χ0n) is 43.6. The van der Waals surface area contributed by atoms with Crippen molar-refractivity contribution >= 4 is 53.2 Å². The highest BCUT2D eigenvalue weighted by Crippen LogP contribution is 2.26. The molecule has 0 aromatic heterocycles. The molecule has 9 amide bonds. The molecule has 1 aliphatic carbocycles. The van der Waals surface area contributed by atoms with Crippen molar-refractivity contribution in [2.75, 3.05) is 62.3 Å². The van der Waals surface area contributed by atoms with Crippen LogP contribution in [0.2, 0.25) is 0 Å². The molecule has 3 aromatic carbocycles. The van der Waals surface area contributed by atoms with Crippen molar-refractivity contribution in [2.24, 2.45) is 0 Å². The Kier molecular flexibility index (Phi) is 23.2. The van der Waals surface area contributed by atoms with E-state index in [1.54, 1.807) is 18.2 Å². The Bertz CT molecular complexity index is 2180. The third kappa shape index (κ3) is 19.2. The summed E-state index contributed by atoms with van der Waals surface area (Å²) in [5, 5.41) is 25.0. The van der Waals surface area contributed by atoms with Gasteiger partial charge >= 0.3 is 0 Å². The average Bonchev–Trinajstić information content (AvgIpc) is 3.38. The van der Waals surface area contributed by atoms with E-state index in [1.807, 2.05) is 0 Å². The van der Waals surface area contributed by atoms with Crippen molar-refractivity contribution in [3.63, 3.8) is 0 Å². The SMILES string of the molecule is COc1cc(OC)cc(C(=O)N[C@@H](CCNC(C)=O)C(=O)N[C@H]2C[C@@H](NC(=O)[C@H](CCNC(C)=O)NC(=O)c3cc(OC)cc(OC)c3)C[C@@H](NC(=O)[C@H](CCNC(C)=O)NC(=O)c3cc(OC)cc(OC)c3)C2)c1. The zero-order valence-corrected chi connectivity index (χ0v) is 43.6. The lowest BCUT2D eigenvalue weighted by Gasteiger charge is -2.38. The first-order valence-electron chi connectivity index (χ1n) is 24.0. The van der Waals surface area contributed by atoms with E-state index in [2.05, 4.69) is 47.9 Å². The fraction of sp³-hybridized carbons (Fsp3) is 0.471. The van der Waals surface area contributed by atoms with Crippen molar-refractivity contribution in [1.29, 1.82) is 0 Å². The highest BCUT2D eigenvalue weighted by atomic mass is 16.5. The first-order valence-corrected chi connectivity index (χ1v) is 24.0. The number of amides is 9. The Morgan fingerprint density at radius 1 is 0.387 bits per heavy atom. The Morgan fingerprint density at radius 2 is 0.600 bits per heavy atom. The average molecular weight is 1050 g/mol. The standard InChI is InChI=1S/C51H69N9O15/c1-28(61)52-13-10-43(58-46(64)31-16-37(70-4)25-38(17-31)71-5)49(67)55-34-22-35(56-50(68)44(11-14-53-29(2)62)59-47(65)32-18-39(72-6)26-40(19-32)73-7)24-36(23-34)57-51(69)45(12-15-54-30(3)63)60-48(66)33-20-41(74-8)27-42(21-33)75-9/h16-21,25-27,34-36,43-45H,10-15,22-24H2,1-9H3,(H,52,61)(H,53,62)(H,54,63)(H,55,67)(H,56,68)(H,57,69)(H,58,64)(H,59,65)(H,60,66)/t34-,35+,36-,43-,44-,45-/m0/s1. The molecule has 24 nitrogen and oxygen atoms in total. The topological polar surface area (TPSA) is 317 Å². The Balaban J connectivity index is 1.68. The second-order valence-electron chi connectivity index (χ2n) is 17.5. The molecule has 408 valence electrons. The molecular formula is C51H69N9O15. The van der Waals surface area contributed by atoms with Crippen LogP contribution in [0.1, 0.15) is 90.4 Å². The van der Waals surface area contributed by atoms with Gasteiger partial charge in [0.15, 0.2) is 0 Å². The lowest BCUT2D eigenvalue weighted by atomic mass is 9.86. The number of ether oxygens (including phenoxy) is 6. The van der Waals surface area contributed by atoms with Crippen LogP contribution >= 0.6 is 0 Å². The third-order valence-electron chi connectivity index (χ3n) is 11.9. The summed E-state index contributed by atoms with van der Waals surface area (Å²) in [7, 11) is 8.50. The van der Waals surface area contributed by atoms with E-state index in [-0.39, 0.29) is 92.6 Å². The van der Waals surface area contributed by atoms with Crippen LogP contribution < -0.4 is 76.3 Å². The number of hydrogen-bond acceptors (Lipinski definition) is 15. The summed E-state index contributed by atoms with van der Waals surface area (Å²) in [5.41, 5.74) is 0.342. The van der Waals surface area contributed by atoms with Gasteiger partial charge in [0.05, 0.1) is 42.7 Å². The largest absolute Gasteiger partial charge is 0.497 e. The van der Waals surface area contributed by atoms with E-state index in [1.165, 1.54) is 99.8 Å². The number of rotatable bonds is 27. The Labute approximate surface area is 435 Å². The van der Waals surface area contributed by atoms with E-state index in [0.717, 1.165) is 0 Å². The first kappa shape index (κ1) is 59.3. The summed E-state index contributed by atoms with van der Waals surface area (Å²) in [6, 6.07) is 7.39. The van der Waals surface area contributed by atoms with Gasteiger partial charge in [-0.2, -0.15) is 0 Å². The molecule has 0 spiro atoms. The van der Waals surface area contributed by atoms with Crippen molar-refractivity contribution in [3.05, 3.63) is 71.3 Å². The molecule has 1 aliphatic rings. The predicted molar refractivity (Wildman–Crippen MR) is 272 cm³/mol. The molecule has 75 heavy (non-hydrogen) atoms. The molecule has 0 radical (unpaired) electrons. The van der Waals surface area contributed by atoms with Crippen LogP contribution in [0.25, 0.3) is 0 Å². The molecule has 0 heterocycles. The molecule has 0 bridgehead atoms. The summed E-state index contributed by atoms with van der Waals surface area (Å²) in [4.78, 5) is 120. The Hall–Kier alpha value is -8.31. The van der Waals surface area contributed by atoms with Gasteiger partial charge in [-0.05, 0) is 74.9 Å². The quantitative estimate of drug-likeness (QED) is 0.0507. The number of carbonyl (C=O) groups excluding carboxylic acids is 9. The minimum atomic E-state index is -1.23. The molecule has 4 rings (SSSR count). The van der Waals surface area contributed by atoms with E-state index in [9.17, 15) is 43.2 Å². The molecule has 0 aliphatic heterocycles. The number of carbonyl (C=O) groups is 9. The van der Waals surface area contributed by atoms with Gasteiger partial charge in [-0.25, -0.2) is 0 Å². The van der Waals surface area contributed by atoms with Crippen LogP contribution in [0.15, 0.2) is 54.6 Å². The molecule has 24 heteroatoms. The lowest BCUT2D eigenvalue weighted by molar-refractivity contribution is -0.126. The number of benzene rings is 3. The van der Waals surface area contributed by atoms with Gasteiger partial charge in [0.2, 0.25) is 35.4 Å². The van der Waals surface area contributed by atoms with Crippen molar-refractivity contribution in [3.8, 4) is 34.5 Å². The van der Waals surface area contributed by atoms with Gasteiger partial charge in [0.1, 0.15) is 52.6 Å². The van der Waals surface area contributed by atoms with Crippen molar-refractivity contribution in [1.82, 2.24) is 47.9 Å².